The van der Waals surface area contributed by atoms with Crippen molar-refractivity contribution < 1.29 is 23.1 Å². The number of hydrogen-bond acceptors (Lipinski definition) is 4. The van der Waals surface area contributed by atoms with Crippen LogP contribution in [-0.4, -0.2) is 48.6 Å². The van der Waals surface area contributed by atoms with Crippen LogP contribution < -0.4 is 10.2 Å². The average Bonchev–Trinajstić information content (AvgIpc) is 2.62. The lowest BCUT2D eigenvalue weighted by Gasteiger charge is -2.35. The van der Waals surface area contributed by atoms with Crippen LogP contribution in [0.1, 0.15) is 5.56 Å². The van der Waals surface area contributed by atoms with Gasteiger partial charge < -0.3 is 15.3 Å². The fraction of sp³-hybridized carbons (Fsp3) is 0.316. The molecule has 8 heteroatoms. The third kappa shape index (κ3) is 4.71. The van der Waals surface area contributed by atoms with Crippen LogP contribution in [0.2, 0.25) is 0 Å². The number of nitrogens with zero attached hydrogens (tertiary/aromatic N) is 2. The summed E-state index contributed by atoms with van der Waals surface area (Å²) in [4.78, 5) is 16.1. The van der Waals surface area contributed by atoms with Gasteiger partial charge in [-0.25, -0.2) is 0 Å². The highest BCUT2D eigenvalue weighted by atomic mass is 19.4. The molecule has 1 amide bonds. The number of hydrogen-bond donors (Lipinski definition) is 2. The van der Waals surface area contributed by atoms with E-state index in [0.717, 1.165) is 11.8 Å². The first-order valence-electron chi connectivity index (χ1n) is 8.56. The molecule has 1 saturated heterocycles. The molecule has 1 aliphatic rings. The first-order chi connectivity index (χ1) is 12.8. The van der Waals surface area contributed by atoms with Gasteiger partial charge in [0.1, 0.15) is 5.75 Å². The van der Waals surface area contributed by atoms with Gasteiger partial charge in [-0.05, 0) is 24.3 Å². The summed E-state index contributed by atoms with van der Waals surface area (Å²) >= 11 is 0. The van der Waals surface area contributed by atoms with Crippen molar-refractivity contribution in [2.75, 3.05) is 42.9 Å². The third-order valence-electron chi connectivity index (χ3n) is 4.47. The molecule has 0 spiro atoms. The molecule has 2 N–H and O–H groups in total. The number of halogens is 3. The van der Waals surface area contributed by atoms with Crippen molar-refractivity contribution in [1.29, 1.82) is 0 Å². The molecular weight excluding hydrogens is 359 g/mol. The minimum atomic E-state index is -4.52. The van der Waals surface area contributed by atoms with Crippen molar-refractivity contribution in [2.45, 2.75) is 6.18 Å². The van der Waals surface area contributed by atoms with Crippen LogP contribution in [0, 0.1) is 0 Å². The molecule has 1 fully saturated rings. The van der Waals surface area contributed by atoms with Crippen molar-refractivity contribution >= 4 is 17.3 Å². The largest absolute Gasteiger partial charge is 0.506 e. The van der Waals surface area contributed by atoms with E-state index in [0.29, 0.717) is 26.2 Å². The summed E-state index contributed by atoms with van der Waals surface area (Å²) in [6.45, 7) is 2.39. The predicted octanol–water partition coefficient (Wildman–Crippen LogP) is 3.17. The molecule has 2 aromatic rings. The van der Waals surface area contributed by atoms with E-state index in [4.69, 9.17) is 0 Å². The molecule has 144 valence electrons. The number of anilines is 2. The lowest BCUT2D eigenvalue weighted by Crippen LogP contribution is -2.48. The zero-order valence-corrected chi connectivity index (χ0v) is 14.5. The first-order valence-corrected chi connectivity index (χ1v) is 8.56. The molecule has 0 aliphatic carbocycles. The molecule has 1 heterocycles. The standard InChI is InChI=1S/C19H20F3N3O2/c20-19(21,22)14-5-1-2-6-15(14)23-18(27)13-24-9-11-25(12-10-24)16-7-3-4-8-17(16)26/h1-8,26H,9-13H2,(H,23,27). The highest BCUT2D eigenvalue weighted by Gasteiger charge is 2.33. The number of nitrogens with one attached hydrogen (secondary N) is 1. The van der Waals surface area contributed by atoms with Gasteiger partial charge in [-0.3, -0.25) is 9.69 Å². The first kappa shape index (κ1) is 19.0. The number of benzene rings is 2. The Morgan fingerprint density at radius 3 is 2.30 bits per heavy atom. The van der Waals surface area contributed by atoms with Gasteiger partial charge in [0.2, 0.25) is 5.91 Å². The van der Waals surface area contributed by atoms with Gasteiger partial charge in [0.15, 0.2) is 0 Å². The molecule has 0 unspecified atom stereocenters. The second-order valence-electron chi connectivity index (χ2n) is 6.34. The fourth-order valence-corrected chi connectivity index (χ4v) is 3.11. The Morgan fingerprint density at radius 2 is 1.63 bits per heavy atom. The minimum Gasteiger partial charge on any atom is -0.506 e. The van der Waals surface area contributed by atoms with E-state index in [1.165, 1.54) is 18.2 Å². The molecule has 3 rings (SSSR count). The Hall–Kier alpha value is -2.74. The topological polar surface area (TPSA) is 55.8 Å². The number of carbonyl (C=O) groups excluding carboxylic acids is 1. The van der Waals surface area contributed by atoms with Crippen LogP contribution in [0.15, 0.2) is 48.5 Å². The molecule has 0 atom stereocenters. The van der Waals surface area contributed by atoms with Crippen LogP contribution in [0.3, 0.4) is 0 Å². The van der Waals surface area contributed by atoms with Gasteiger partial charge in [-0.2, -0.15) is 13.2 Å². The maximum absolute atomic E-state index is 13.0. The number of phenolic OH excluding ortho intramolecular Hbond substituents is 1. The summed E-state index contributed by atoms with van der Waals surface area (Å²) < 4.78 is 39.0. The molecule has 0 radical (unpaired) electrons. The molecule has 27 heavy (non-hydrogen) atoms. The Morgan fingerprint density at radius 1 is 1.00 bits per heavy atom. The third-order valence-corrected chi connectivity index (χ3v) is 4.47. The van der Waals surface area contributed by atoms with Gasteiger partial charge in [0.25, 0.3) is 0 Å². The zero-order valence-electron chi connectivity index (χ0n) is 14.5. The molecule has 0 saturated carbocycles. The second-order valence-corrected chi connectivity index (χ2v) is 6.34. The summed E-state index contributed by atoms with van der Waals surface area (Å²) in [5.74, 6) is -0.282. The van der Waals surface area contributed by atoms with Crippen molar-refractivity contribution in [3.05, 3.63) is 54.1 Å². The van der Waals surface area contributed by atoms with Crippen molar-refractivity contribution in [1.82, 2.24) is 4.90 Å². The number of para-hydroxylation sites is 3. The highest BCUT2D eigenvalue weighted by molar-refractivity contribution is 5.93. The number of aromatic hydroxyl groups is 1. The quantitative estimate of drug-likeness (QED) is 0.857. The minimum absolute atomic E-state index is 0.0147. The Balaban J connectivity index is 1.56. The summed E-state index contributed by atoms with van der Waals surface area (Å²) in [6.07, 6.45) is -4.52. The Bertz CT molecular complexity index is 803. The molecule has 0 bridgehead atoms. The van der Waals surface area contributed by atoms with E-state index < -0.39 is 17.6 Å². The van der Waals surface area contributed by atoms with E-state index in [2.05, 4.69) is 5.32 Å². The van der Waals surface area contributed by atoms with E-state index in [9.17, 15) is 23.1 Å². The normalized spacial score (nSPS) is 15.6. The van der Waals surface area contributed by atoms with Crippen molar-refractivity contribution in [3.63, 3.8) is 0 Å². The predicted molar refractivity (Wildman–Crippen MR) is 96.8 cm³/mol. The summed E-state index contributed by atoms with van der Waals surface area (Å²) in [7, 11) is 0. The molecule has 0 aromatic heterocycles. The van der Waals surface area contributed by atoms with E-state index >= 15 is 0 Å². The highest BCUT2D eigenvalue weighted by Crippen LogP contribution is 2.34. The van der Waals surface area contributed by atoms with Gasteiger partial charge in [-0.15, -0.1) is 0 Å². The maximum Gasteiger partial charge on any atom is 0.418 e. The Kier molecular flexibility index (Phi) is 5.55. The van der Waals surface area contributed by atoms with E-state index in [1.54, 1.807) is 12.1 Å². The number of rotatable bonds is 4. The zero-order chi connectivity index (χ0) is 19.4. The van der Waals surface area contributed by atoms with Crippen molar-refractivity contribution in [2.24, 2.45) is 0 Å². The van der Waals surface area contributed by atoms with Crippen LogP contribution in [-0.2, 0) is 11.0 Å². The van der Waals surface area contributed by atoms with Gasteiger partial charge in [-0.1, -0.05) is 24.3 Å². The number of amides is 1. The monoisotopic (exact) mass is 379 g/mol. The number of phenols is 1. The Labute approximate surface area is 155 Å². The van der Waals surface area contributed by atoms with Crippen molar-refractivity contribution in [3.8, 4) is 5.75 Å². The maximum atomic E-state index is 13.0. The molecule has 2 aromatic carbocycles. The molecular formula is C19H20F3N3O2. The molecule has 1 aliphatic heterocycles. The smallest absolute Gasteiger partial charge is 0.418 e. The van der Waals surface area contributed by atoms with Gasteiger partial charge in [0.05, 0.1) is 23.5 Å². The van der Waals surface area contributed by atoms with Crippen LogP contribution >= 0.6 is 0 Å². The summed E-state index contributed by atoms with van der Waals surface area (Å²) in [6, 6.07) is 12.0. The van der Waals surface area contributed by atoms with Gasteiger partial charge in [0, 0.05) is 26.2 Å². The SMILES string of the molecule is O=C(CN1CCN(c2ccccc2O)CC1)Nc1ccccc1C(F)(F)F. The summed E-state index contributed by atoms with van der Waals surface area (Å²) in [5, 5.41) is 12.3. The average molecular weight is 379 g/mol. The van der Waals surface area contributed by atoms with Crippen LogP contribution in [0.4, 0.5) is 24.5 Å². The van der Waals surface area contributed by atoms with E-state index in [-0.39, 0.29) is 18.0 Å². The fourth-order valence-electron chi connectivity index (χ4n) is 3.11. The number of alkyl halides is 3. The van der Waals surface area contributed by atoms with Crippen LogP contribution in [0.25, 0.3) is 0 Å². The van der Waals surface area contributed by atoms with E-state index in [1.807, 2.05) is 21.9 Å². The second kappa shape index (κ2) is 7.87. The lowest BCUT2D eigenvalue weighted by molar-refractivity contribution is -0.137. The molecule has 5 nitrogen and oxygen atoms in total. The lowest BCUT2D eigenvalue weighted by atomic mass is 10.1. The summed E-state index contributed by atoms with van der Waals surface area (Å²) in [5.41, 5.74) is -0.355. The van der Waals surface area contributed by atoms with Crippen LogP contribution in [0.5, 0.6) is 5.75 Å². The number of piperazine rings is 1. The van der Waals surface area contributed by atoms with Gasteiger partial charge >= 0.3 is 6.18 Å². The number of carbonyl (C=O) groups is 1.